The van der Waals surface area contributed by atoms with E-state index in [1.165, 1.54) is 12.8 Å². The van der Waals surface area contributed by atoms with Gasteiger partial charge in [-0.1, -0.05) is 31.8 Å². The molecule has 1 saturated carbocycles. The standard InChI is InChI=1S/C12H20N2O2/c1-9(2)7-12(5-3-4-6-12)11-13-10(8-15)14-16-11/h9,15H,3-8H2,1-2H3. The van der Waals surface area contributed by atoms with Gasteiger partial charge >= 0.3 is 0 Å². The molecular formula is C12H20N2O2. The van der Waals surface area contributed by atoms with Gasteiger partial charge in [-0.25, -0.2) is 0 Å². The first kappa shape index (κ1) is 11.6. The molecule has 4 heteroatoms. The highest BCUT2D eigenvalue weighted by molar-refractivity contribution is 5.08. The highest BCUT2D eigenvalue weighted by atomic mass is 16.5. The highest BCUT2D eigenvalue weighted by Gasteiger charge is 2.41. The van der Waals surface area contributed by atoms with Gasteiger partial charge < -0.3 is 9.63 Å². The van der Waals surface area contributed by atoms with Gasteiger partial charge in [0.15, 0.2) is 5.82 Å². The Morgan fingerprint density at radius 2 is 2.06 bits per heavy atom. The molecule has 0 saturated heterocycles. The Morgan fingerprint density at radius 3 is 2.56 bits per heavy atom. The van der Waals surface area contributed by atoms with Crippen molar-refractivity contribution < 1.29 is 9.63 Å². The van der Waals surface area contributed by atoms with Crippen LogP contribution < -0.4 is 0 Å². The predicted octanol–water partition coefficient (Wildman–Crippen LogP) is 2.42. The molecule has 0 bridgehead atoms. The molecule has 2 rings (SSSR count). The molecule has 1 aromatic rings. The average Bonchev–Trinajstić information content (AvgIpc) is 2.84. The van der Waals surface area contributed by atoms with Gasteiger partial charge in [-0.3, -0.25) is 0 Å². The second-order valence-electron chi connectivity index (χ2n) is 5.26. The summed E-state index contributed by atoms with van der Waals surface area (Å²) < 4.78 is 5.32. The van der Waals surface area contributed by atoms with Gasteiger partial charge in [0.05, 0.1) is 0 Å². The van der Waals surface area contributed by atoms with Crippen molar-refractivity contribution in [1.82, 2.24) is 10.1 Å². The van der Waals surface area contributed by atoms with Crippen molar-refractivity contribution in [2.75, 3.05) is 0 Å². The number of nitrogens with zero attached hydrogens (tertiary/aromatic N) is 2. The maximum absolute atomic E-state index is 8.97. The SMILES string of the molecule is CC(C)CC1(c2nc(CO)no2)CCCC1. The summed E-state index contributed by atoms with van der Waals surface area (Å²) in [6.45, 7) is 4.31. The van der Waals surface area contributed by atoms with Crippen molar-refractivity contribution in [2.45, 2.75) is 58.0 Å². The third-order valence-corrected chi connectivity index (χ3v) is 3.42. The van der Waals surface area contributed by atoms with E-state index >= 15 is 0 Å². The molecule has 0 aromatic carbocycles. The summed E-state index contributed by atoms with van der Waals surface area (Å²) in [5.74, 6) is 1.77. The van der Waals surface area contributed by atoms with E-state index in [0.717, 1.165) is 25.2 Å². The van der Waals surface area contributed by atoms with E-state index in [0.29, 0.717) is 11.7 Å². The Balaban J connectivity index is 2.24. The first-order valence-electron chi connectivity index (χ1n) is 6.10. The van der Waals surface area contributed by atoms with E-state index in [1.807, 2.05) is 0 Å². The van der Waals surface area contributed by atoms with Crippen molar-refractivity contribution in [2.24, 2.45) is 5.92 Å². The molecule has 0 spiro atoms. The van der Waals surface area contributed by atoms with Crippen LogP contribution in [-0.2, 0) is 12.0 Å². The molecular weight excluding hydrogens is 204 g/mol. The third kappa shape index (κ3) is 2.12. The first-order chi connectivity index (χ1) is 7.66. The maximum Gasteiger partial charge on any atom is 0.232 e. The average molecular weight is 224 g/mol. The lowest BCUT2D eigenvalue weighted by Gasteiger charge is -2.26. The van der Waals surface area contributed by atoms with E-state index in [1.54, 1.807) is 0 Å². The summed E-state index contributed by atoms with van der Waals surface area (Å²) in [6, 6.07) is 0. The monoisotopic (exact) mass is 224 g/mol. The van der Waals surface area contributed by atoms with Gasteiger partial charge in [0.2, 0.25) is 5.89 Å². The van der Waals surface area contributed by atoms with E-state index < -0.39 is 0 Å². The number of rotatable bonds is 4. The minimum atomic E-state index is -0.138. The minimum Gasteiger partial charge on any atom is -0.388 e. The molecule has 1 heterocycles. The summed E-state index contributed by atoms with van der Waals surface area (Å²) >= 11 is 0. The zero-order valence-corrected chi connectivity index (χ0v) is 10.1. The van der Waals surface area contributed by atoms with Gasteiger partial charge in [-0.2, -0.15) is 4.98 Å². The van der Waals surface area contributed by atoms with Gasteiger partial charge in [-0.15, -0.1) is 0 Å². The van der Waals surface area contributed by atoms with Crippen molar-refractivity contribution in [3.63, 3.8) is 0 Å². The molecule has 0 aliphatic heterocycles. The van der Waals surface area contributed by atoms with Crippen LogP contribution in [0.4, 0.5) is 0 Å². The normalized spacial score (nSPS) is 19.5. The number of hydrogen-bond acceptors (Lipinski definition) is 4. The quantitative estimate of drug-likeness (QED) is 0.853. The Bertz CT molecular complexity index is 341. The van der Waals surface area contributed by atoms with E-state index in [9.17, 15) is 0 Å². The maximum atomic E-state index is 8.97. The summed E-state index contributed by atoms with van der Waals surface area (Å²) in [6.07, 6.45) is 5.85. The highest BCUT2D eigenvalue weighted by Crippen LogP contribution is 2.44. The van der Waals surface area contributed by atoms with Gasteiger partial charge in [-0.05, 0) is 25.2 Å². The Hall–Kier alpha value is -0.900. The van der Waals surface area contributed by atoms with Crippen molar-refractivity contribution >= 4 is 0 Å². The summed E-state index contributed by atoms with van der Waals surface area (Å²) in [5.41, 5.74) is 0.0780. The zero-order chi connectivity index (χ0) is 11.6. The molecule has 4 nitrogen and oxygen atoms in total. The largest absolute Gasteiger partial charge is 0.388 e. The molecule has 0 radical (unpaired) electrons. The number of hydrogen-bond donors (Lipinski definition) is 1. The molecule has 1 N–H and O–H groups in total. The minimum absolute atomic E-state index is 0.0780. The van der Waals surface area contributed by atoms with Crippen LogP contribution >= 0.6 is 0 Å². The molecule has 0 amide bonds. The Labute approximate surface area is 96.1 Å². The number of aliphatic hydroxyl groups excluding tert-OH is 1. The van der Waals surface area contributed by atoms with Crippen LogP contribution in [-0.4, -0.2) is 15.2 Å². The van der Waals surface area contributed by atoms with Crippen LogP contribution in [0, 0.1) is 5.92 Å². The van der Waals surface area contributed by atoms with E-state index in [-0.39, 0.29) is 12.0 Å². The molecule has 90 valence electrons. The fraction of sp³-hybridized carbons (Fsp3) is 0.833. The summed E-state index contributed by atoms with van der Waals surface area (Å²) in [5, 5.41) is 12.8. The molecule has 1 aromatic heterocycles. The van der Waals surface area contributed by atoms with E-state index in [4.69, 9.17) is 9.63 Å². The van der Waals surface area contributed by atoms with Crippen LogP contribution in [0.3, 0.4) is 0 Å². The van der Waals surface area contributed by atoms with Crippen LogP contribution in [0.25, 0.3) is 0 Å². The molecule has 0 atom stereocenters. The van der Waals surface area contributed by atoms with Crippen molar-refractivity contribution in [1.29, 1.82) is 0 Å². The lowest BCUT2D eigenvalue weighted by molar-refractivity contribution is 0.238. The first-order valence-corrected chi connectivity index (χ1v) is 6.10. The molecule has 1 fully saturated rings. The fourth-order valence-electron chi connectivity index (χ4n) is 2.87. The second kappa shape index (κ2) is 4.53. The molecule has 1 aliphatic carbocycles. The summed E-state index contributed by atoms with van der Waals surface area (Å²) in [7, 11) is 0. The lowest BCUT2D eigenvalue weighted by Crippen LogP contribution is -2.24. The van der Waals surface area contributed by atoms with Crippen LogP contribution in [0.2, 0.25) is 0 Å². The smallest absolute Gasteiger partial charge is 0.232 e. The van der Waals surface area contributed by atoms with Crippen molar-refractivity contribution in [3.8, 4) is 0 Å². The lowest BCUT2D eigenvalue weighted by atomic mass is 9.78. The third-order valence-electron chi connectivity index (χ3n) is 3.42. The van der Waals surface area contributed by atoms with Crippen LogP contribution in [0.1, 0.15) is 57.7 Å². The van der Waals surface area contributed by atoms with Gasteiger partial charge in [0, 0.05) is 5.41 Å². The molecule has 0 unspecified atom stereocenters. The van der Waals surface area contributed by atoms with Crippen molar-refractivity contribution in [3.05, 3.63) is 11.7 Å². The topological polar surface area (TPSA) is 59.2 Å². The Morgan fingerprint density at radius 1 is 1.38 bits per heavy atom. The predicted molar refractivity (Wildman–Crippen MR) is 59.8 cm³/mol. The summed E-state index contributed by atoms with van der Waals surface area (Å²) in [4.78, 5) is 4.31. The number of aliphatic hydroxyl groups is 1. The second-order valence-corrected chi connectivity index (χ2v) is 5.26. The molecule has 1 aliphatic rings. The van der Waals surface area contributed by atoms with E-state index in [2.05, 4.69) is 24.0 Å². The van der Waals surface area contributed by atoms with Crippen LogP contribution in [0.15, 0.2) is 4.52 Å². The zero-order valence-electron chi connectivity index (χ0n) is 10.1. The van der Waals surface area contributed by atoms with Gasteiger partial charge in [0.1, 0.15) is 6.61 Å². The number of aromatic nitrogens is 2. The van der Waals surface area contributed by atoms with Gasteiger partial charge in [0.25, 0.3) is 0 Å². The fourth-order valence-corrected chi connectivity index (χ4v) is 2.87. The van der Waals surface area contributed by atoms with Crippen LogP contribution in [0.5, 0.6) is 0 Å². The molecule has 16 heavy (non-hydrogen) atoms. The Kier molecular flexibility index (Phi) is 3.28.